The third-order valence-corrected chi connectivity index (χ3v) is 6.82. The summed E-state index contributed by atoms with van der Waals surface area (Å²) in [4.78, 5) is 12.8. The Balaban J connectivity index is 1.53. The molecule has 0 spiro atoms. The van der Waals surface area contributed by atoms with Gasteiger partial charge in [-0.3, -0.25) is 9.10 Å². The Hall–Kier alpha value is -4.11. The van der Waals surface area contributed by atoms with Gasteiger partial charge in [-0.2, -0.15) is 5.10 Å². The molecule has 33 heavy (non-hydrogen) atoms. The lowest BCUT2D eigenvalue weighted by Gasteiger charge is -2.20. The van der Waals surface area contributed by atoms with Crippen molar-refractivity contribution in [3.8, 4) is 11.4 Å². The number of carbonyl (C=O) groups excluding carboxylic acids is 1. The van der Waals surface area contributed by atoms with Gasteiger partial charge in [-0.15, -0.1) is 0 Å². The number of nitrogens with zero attached hydrogens (tertiary/aromatic N) is 3. The number of anilines is 2. The van der Waals surface area contributed by atoms with Crippen LogP contribution in [0, 0.1) is 0 Å². The number of hydrogen-bond acceptors (Lipinski definition) is 5. The van der Waals surface area contributed by atoms with Crippen molar-refractivity contribution < 1.29 is 17.9 Å². The van der Waals surface area contributed by atoms with Gasteiger partial charge in [0.25, 0.3) is 15.9 Å². The number of sulfonamides is 1. The number of hydrogen-bond donors (Lipinski definition) is 1. The summed E-state index contributed by atoms with van der Waals surface area (Å²) < 4.78 is 34.2. The van der Waals surface area contributed by atoms with Crippen LogP contribution < -0.4 is 14.4 Å². The normalized spacial score (nSPS) is 11.1. The van der Waals surface area contributed by atoms with Crippen LogP contribution in [-0.4, -0.2) is 38.3 Å². The average molecular weight is 463 g/mol. The number of carbonyl (C=O) groups is 1. The molecule has 0 unspecified atom stereocenters. The number of ether oxygens (including phenoxy) is 1. The van der Waals surface area contributed by atoms with E-state index in [-0.39, 0.29) is 10.5 Å². The van der Waals surface area contributed by atoms with E-state index in [2.05, 4.69) is 10.4 Å². The predicted molar refractivity (Wildman–Crippen MR) is 127 cm³/mol. The van der Waals surface area contributed by atoms with Crippen LogP contribution >= 0.6 is 0 Å². The smallest absolute Gasteiger partial charge is 0.264 e. The minimum absolute atomic E-state index is 0.00304. The van der Waals surface area contributed by atoms with E-state index in [1.165, 1.54) is 32.4 Å². The third-order valence-electron chi connectivity index (χ3n) is 5.04. The van der Waals surface area contributed by atoms with Crippen molar-refractivity contribution in [2.75, 3.05) is 23.8 Å². The van der Waals surface area contributed by atoms with E-state index >= 15 is 0 Å². The molecule has 1 heterocycles. The molecule has 0 bridgehead atoms. The van der Waals surface area contributed by atoms with Gasteiger partial charge in [0.05, 0.1) is 23.4 Å². The topological polar surface area (TPSA) is 93.5 Å². The molecule has 0 saturated carbocycles. The molecule has 0 atom stereocenters. The van der Waals surface area contributed by atoms with Crippen molar-refractivity contribution in [2.45, 2.75) is 4.90 Å². The largest absolute Gasteiger partial charge is 0.497 e. The Bertz CT molecular complexity index is 1370. The average Bonchev–Trinajstić information content (AvgIpc) is 3.32. The second kappa shape index (κ2) is 9.17. The molecule has 168 valence electrons. The van der Waals surface area contributed by atoms with Crippen LogP contribution in [0.25, 0.3) is 5.69 Å². The van der Waals surface area contributed by atoms with Crippen LogP contribution in [0.4, 0.5) is 11.5 Å². The number of para-hydroxylation sites is 1. The Labute approximate surface area is 192 Å². The first-order valence-electron chi connectivity index (χ1n) is 10.0. The number of amides is 1. The SMILES string of the molecule is COc1ccc(N(C)S(=O)(=O)c2cccc(C(=O)Nc3ccn(-c4ccccc4)n3)c2)cc1. The maximum absolute atomic E-state index is 13.1. The summed E-state index contributed by atoms with van der Waals surface area (Å²) in [6.45, 7) is 0. The van der Waals surface area contributed by atoms with Crippen molar-refractivity contribution in [1.29, 1.82) is 0 Å². The summed E-state index contributed by atoms with van der Waals surface area (Å²) >= 11 is 0. The first-order chi connectivity index (χ1) is 15.9. The first-order valence-corrected chi connectivity index (χ1v) is 11.5. The fraction of sp³-hybridized carbons (Fsp3) is 0.0833. The number of rotatable bonds is 7. The first kappa shape index (κ1) is 22.1. The van der Waals surface area contributed by atoms with E-state index in [0.29, 0.717) is 17.3 Å². The standard InChI is InChI=1S/C24H22N4O4S/c1-27(19-11-13-21(32-2)14-12-19)33(30,31)22-10-6-7-18(17-22)24(29)25-23-15-16-28(26-23)20-8-4-3-5-9-20/h3-17H,1-2H3,(H,25,26,29). The number of methoxy groups -OCH3 is 1. The molecular weight excluding hydrogens is 440 g/mol. The van der Waals surface area contributed by atoms with Gasteiger partial charge in [0, 0.05) is 24.9 Å². The monoisotopic (exact) mass is 462 g/mol. The van der Waals surface area contributed by atoms with Gasteiger partial charge in [-0.1, -0.05) is 24.3 Å². The zero-order chi connectivity index (χ0) is 23.4. The van der Waals surface area contributed by atoms with Crippen molar-refractivity contribution >= 4 is 27.4 Å². The van der Waals surface area contributed by atoms with Crippen molar-refractivity contribution in [1.82, 2.24) is 9.78 Å². The minimum atomic E-state index is -3.88. The molecule has 1 aromatic heterocycles. The van der Waals surface area contributed by atoms with Gasteiger partial charge in [0.1, 0.15) is 5.75 Å². The van der Waals surface area contributed by atoms with E-state index in [1.54, 1.807) is 47.3 Å². The summed E-state index contributed by atoms with van der Waals surface area (Å²) in [5, 5.41) is 7.05. The van der Waals surface area contributed by atoms with Crippen molar-refractivity contribution in [3.63, 3.8) is 0 Å². The van der Waals surface area contributed by atoms with Crippen LogP contribution in [0.2, 0.25) is 0 Å². The highest BCUT2D eigenvalue weighted by Gasteiger charge is 2.22. The van der Waals surface area contributed by atoms with E-state index in [1.807, 2.05) is 30.3 Å². The Morgan fingerprint density at radius 3 is 2.39 bits per heavy atom. The molecule has 1 amide bonds. The minimum Gasteiger partial charge on any atom is -0.497 e. The van der Waals surface area contributed by atoms with Gasteiger partial charge in [0.15, 0.2) is 5.82 Å². The molecule has 8 nitrogen and oxygen atoms in total. The molecular formula is C24H22N4O4S. The summed E-state index contributed by atoms with van der Waals surface area (Å²) in [7, 11) is -0.881. The molecule has 0 radical (unpaired) electrons. The van der Waals surface area contributed by atoms with Crippen LogP contribution in [0.1, 0.15) is 10.4 Å². The highest BCUT2D eigenvalue weighted by Crippen LogP contribution is 2.25. The summed E-state index contributed by atoms with van der Waals surface area (Å²) in [6.07, 6.45) is 1.73. The molecule has 9 heteroatoms. The van der Waals surface area contributed by atoms with Gasteiger partial charge >= 0.3 is 0 Å². The Morgan fingerprint density at radius 1 is 0.970 bits per heavy atom. The molecule has 4 aromatic rings. The second-order valence-corrected chi connectivity index (χ2v) is 9.10. The molecule has 0 aliphatic carbocycles. The number of benzene rings is 3. The molecule has 0 aliphatic rings. The van der Waals surface area contributed by atoms with Gasteiger partial charge in [-0.05, 0) is 54.6 Å². The Kier molecular flexibility index (Phi) is 6.14. The zero-order valence-electron chi connectivity index (χ0n) is 18.0. The maximum Gasteiger partial charge on any atom is 0.264 e. The summed E-state index contributed by atoms with van der Waals surface area (Å²) in [6, 6.07) is 23.7. The lowest BCUT2D eigenvalue weighted by Crippen LogP contribution is -2.26. The van der Waals surface area contributed by atoms with E-state index in [0.717, 1.165) is 9.99 Å². The van der Waals surface area contributed by atoms with Crippen LogP contribution in [0.5, 0.6) is 5.75 Å². The zero-order valence-corrected chi connectivity index (χ0v) is 18.9. The number of aromatic nitrogens is 2. The third kappa shape index (κ3) is 4.73. The number of nitrogens with one attached hydrogen (secondary N) is 1. The second-order valence-electron chi connectivity index (χ2n) is 7.13. The van der Waals surface area contributed by atoms with Crippen LogP contribution in [0.3, 0.4) is 0 Å². The fourth-order valence-electron chi connectivity index (χ4n) is 3.19. The maximum atomic E-state index is 13.1. The Morgan fingerprint density at radius 2 is 1.70 bits per heavy atom. The van der Waals surface area contributed by atoms with Crippen molar-refractivity contribution in [3.05, 3.63) is 96.7 Å². The van der Waals surface area contributed by atoms with Gasteiger partial charge in [0.2, 0.25) is 0 Å². The molecule has 0 aliphatic heterocycles. The predicted octanol–water partition coefficient (Wildman–Crippen LogP) is 3.96. The molecule has 3 aromatic carbocycles. The highest BCUT2D eigenvalue weighted by atomic mass is 32.2. The molecule has 4 rings (SSSR count). The highest BCUT2D eigenvalue weighted by molar-refractivity contribution is 7.92. The van der Waals surface area contributed by atoms with Gasteiger partial charge in [-0.25, -0.2) is 13.1 Å². The molecule has 0 saturated heterocycles. The van der Waals surface area contributed by atoms with Crippen LogP contribution in [-0.2, 0) is 10.0 Å². The lowest BCUT2D eigenvalue weighted by atomic mass is 10.2. The quantitative estimate of drug-likeness (QED) is 0.449. The van der Waals surface area contributed by atoms with E-state index in [4.69, 9.17) is 4.74 Å². The molecule has 1 N–H and O–H groups in total. The fourth-order valence-corrected chi connectivity index (χ4v) is 4.43. The van der Waals surface area contributed by atoms with Crippen LogP contribution in [0.15, 0.2) is 96.0 Å². The summed E-state index contributed by atoms with van der Waals surface area (Å²) in [5.74, 6) is 0.517. The van der Waals surface area contributed by atoms with Gasteiger partial charge < -0.3 is 10.1 Å². The van der Waals surface area contributed by atoms with Crippen molar-refractivity contribution in [2.24, 2.45) is 0 Å². The van der Waals surface area contributed by atoms with E-state index < -0.39 is 15.9 Å². The van der Waals surface area contributed by atoms with E-state index in [9.17, 15) is 13.2 Å². The summed E-state index contributed by atoms with van der Waals surface area (Å²) in [5.41, 5.74) is 1.53. The molecule has 0 fully saturated rings. The lowest BCUT2D eigenvalue weighted by molar-refractivity contribution is 0.102.